The van der Waals surface area contributed by atoms with Gasteiger partial charge in [-0.3, -0.25) is 0 Å². The molecule has 0 aromatic carbocycles. The van der Waals surface area contributed by atoms with Crippen LogP contribution in [0, 0.1) is 23.0 Å². The highest BCUT2D eigenvalue weighted by Crippen LogP contribution is 2.46. The highest BCUT2D eigenvalue weighted by molar-refractivity contribution is 4.86. The number of rotatable bonds is 2. The first-order valence-corrected chi connectivity index (χ1v) is 8.25. The molecule has 0 amide bonds. The van der Waals surface area contributed by atoms with Crippen molar-refractivity contribution >= 4 is 0 Å². The summed E-state index contributed by atoms with van der Waals surface area (Å²) in [5.41, 5.74) is 0. The monoisotopic (exact) mass is 253 g/mol. The minimum atomic E-state index is 0.397. The second-order valence-corrected chi connectivity index (χ2v) is 6.80. The van der Waals surface area contributed by atoms with Gasteiger partial charge in [0.15, 0.2) is 0 Å². The predicted octanol–water partition coefficient (Wildman–Crippen LogP) is 3.17. The predicted molar refractivity (Wildman–Crippen MR) is 76.4 cm³/mol. The van der Waals surface area contributed by atoms with Crippen LogP contribution in [-0.4, -0.2) is 13.6 Å². The summed E-state index contributed by atoms with van der Waals surface area (Å²) in [5, 5.41) is 11.7. The highest BCUT2D eigenvalue weighted by Gasteiger charge is 2.35. The van der Waals surface area contributed by atoms with Crippen molar-refractivity contribution in [1.82, 2.24) is 0 Å². The van der Waals surface area contributed by atoms with Crippen molar-refractivity contribution in [1.29, 1.82) is 0 Å². The average molecular weight is 253 g/mol. The van der Waals surface area contributed by atoms with Crippen molar-refractivity contribution in [2.24, 2.45) is 17.8 Å². The average Bonchev–Trinajstić information content (AvgIpc) is 3.04. The van der Waals surface area contributed by atoms with E-state index in [-0.39, 0.29) is 0 Å². The van der Waals surface area contributed by atoms with Crippen molar-refractivity contribution in [2.75, 3.05) is 13.6 Å². The first kappa shape index (κ1) is 14.3. The normalized spacial score (nSPS) is 36.7. The largest absolute Gasteiger partial charge is 0.634 e. The number of hydrogen-bond acceptors (Lipinski definition) is 1. The van der Waals surface area contributed by atoms with Gasteiger partial charge in [0.1, 0.15) is 0 Å². The van der Waals surface area contributed by atoms with Crippen LogP contribution in [0.4, 0.5) is 0 Å². The number of hydrogen-bond donors (Lipinski definition) is 1. The summed E-state index contributed by atoms with van der Waals surface area (Å²) in [4.78, 5) is 0. The van der Waals surface area contributed by atoms with Crippen LogP contribution in [0.1, 0.15) is 70.6 Å². The summed E-state index contributed by atoms with van der Waals surface area (Å²) in [6.07, 6.45) is 15.5. The van der Waals surface area contributed by atoms with E-state index in [0.717, 1.165) is 18.4 Å². The molecular weight excluding hydrogens is 222 g/mol. The Morgan fingerprint density at radius 3 is 2.11 bits per heavy atom. The van der Waals surface area contributed by atoms with Crippen LogP contribution in [0.2, 0.25) is 0 Å². The molecule has 0 radical (unpaired) electrons. The molecular formula is C16H31NO. The van der Waals surface area contributed by atoms with E-state index < -0.39 is 0 Å². The van der Waals surface area contributed by atoms with E-state index in [1.54, 1.807) is 7.05 Å². The van der Waals surface area contributed by atoms with Crippen LogP contribution in [0.25, 0.3) is 0 Å². The smallest absolute Gasteiger partial charge is 0.0794 e. The molecule has 2 heteroatoms. The van der Waals surface area contributed by atoms with Gasteiger partial charge >= 0.3 is 0 Å². The molecule has 2 aliphatic carbocycles. The number of nitrogens with one attached hydrogen (secondary N) is 1. The third kappa shape index (κ3) is 5.27. The maximum absolute atomic E-state index is 11.3. The molecule has 0 aromatic rings. The van der Waals surface area contributed by atoms with Crippen LogP contribution in [0.3, 0.4) is 0 Å². The minimum absolute atomic E-state index is 0.397. The van der Waals surface area contributed by atoms with Gasteiger partial charge in [-0.05, 0) is 31.1 Å². The lowest BCUT2D eigenvalue weighted by atomic mass is 9.94. The molecule has 18 heavy (non-hydrogen) atoms. The van der Waals surface area contributed by atoms with Gasteiger partial charge in [0.05, 0.1) is 13.6 Å². The van der Waals surface area contributed by atoms with E-state index in [9.17, 15) is 5.21 Å². The molecule has 0 spiro atoms. The molecule has 2 rings (SSSR count). The lowest BCUT2D eigenvalue weighted by molar-refractivity contribution is -0.830. The van der Waals surface area contributed by atoms with Crippen molar-refractivity contribution in [2.45, 2.75) is 70.6 Å². The second kappa shape index (κ2) is 7.49. The van der Waals surface area contributed by atoms with Crippen LogP contribution in [-0.2, 0) is 0 Å². The summed E-state index contributed by atoms with van der Waals surface area (Å²) in [6, 6.07) is 0. The molecule has 1 N–H and O–H groups in total. The van der Waals surface area contributed by atoms with Gasteiger partial charge in [0.25, 0.3) is 0 Å². The summed E-state index contributed by atoms with van der Waals surface area (Å²) < 4.78 is 0. The SMILES string of the molecule is C[NH+]([O-])CC1CCCCCCCC2CC2CCC1. The summed E-state index contributed by atoms with van der Waals surface area (Å²) in [7, 11) is 1.76. The Bertz CT molecular complexity index is 229. The van der Waals surface area contributed by atoms with Gasteiger partial charge in [-0.1, -0.05) is 51.4 Å². The maximum Gasteiger partial charge on any atom is 0.0794 e. The first-order valence-electron chi connectivity index (χ1n) is 8.25. The fraction of sp³-hybridized carbons (Fsp3) is 1.00. The van der Waals surface area contributed by atoms with Gasteiger partial charge in [0, 0.05) is 5.92 Å². The zero-order valence-corrected chi connectivity index (χ0v) is 12.1. The second-order valence-electron chi connectivity index (χ2n) is 6.80. The van der Waals surface area contributed by atoms with E-state index >= 15 is 0 Å². The molecule has 2 nitrogen and oxygen atoms in total. The van der Waals surface area contributed by atoms with Crippen molar-refractivity contribution < 1.29 is 5.06 Å². The molecule has 0 saturated heterocycles. The maximum atomic E-state index is 11.3. The number of fused-ring (bicyclic) bond motifs is 1. The lowest BCUT2D eigenvalue weighted by Crippen LogP contribution is -3.04. The van der Waals surface area contributed by atoms with Gasteiger partial charge in [-0.2, -0.15) is 0 Å². The fourth-order valence-electron chi connectivity index (χ4n) is 3.81. The summed E-state index contributed by atoms with van der Waals surface area (Å²) >= 11 is 0. The Morgan fingerprint density at radius 2 is 1.39 bits per heavy atom. The zero-order valence-electron chi connectivity index (χ0n) is 12.1. The Labute approximate surface area is 113 Å². The van der Waals surface area contributed by atoms with E-state index in [4.69, 9.17) is 0 Å². The van der Waals surface area contributed by atoms with E-state index in [1.165, 1.54) is 70.6 Å². The van der Waals surface area contributed by atoms with Gasteiger partial charge < -0.3 is 10.3 Å². The molecule has 0 bridgehead atoms. The lowest BCUT2D eigenvalue weighted by Gasteiger charge is -2.23. The molecule has 0 heterocycles. The third-order valence-electron chi connectivity index (χ3n) is 5.02. The number of hydroxylamine groups is 2. The highest BCUT2D eigenvalue weighted by atomic mass is 16.5. The van der Waals surface area contributed by atoms with Crippen molar-refractivity contribution in [3.63, 3.8) is 0 Å². The molecule has 4 atom stereocenters. The quantitative estimate of drug-likeness (QED) is 0.752. The number of quaternary nitrogens is 1. The standard InChI is InChI=1S/C16H31NO/c1-17(18)13-14-8-5-3-2-4-6-10-15-12-16(15)11-7-9-14/h14-17H,2-13H2,1H3. The molecule has 2 saturated carbocycles. The molecule has 0 aromatic heterocycles. The fourth-order valence-corrected chi connectivity index (χ4v) is 3.81. The molecule has 0 aliphatic heterocycles. The Kier molecular flexibility index (Phi) is 5.97. The van der Waals surface area contributed by atoms with Gasteiger partial charge in [0.2, 0.25) is 0 Å². The van der Waals surface area contributed by atoms with E-state index in [2.05, 4.69) is 0 Å². The zero-order chi connectivity index (χ0) is 12.8. The van der Waals surface area contributed by atoms with Gasteiger partial charge in [-0.15, -0.1) is 0 Å². The molecule has 106 valence electrons. The molecule has 4 unspecified atom stereocenters. The van der Waals surface area contributed by atoms with Gasteiger partial charge in [-0.25, -0.2) is 0 Å². The summed E-state index contributed by atoms with van der Waals surface area (Å²) in [5.74, 6) is 2.83. The van der Waals surface area contributed by atoms with Crippen LogP contribution >= 0.6 is 0 Å². The minimum Gasteiger partial charge on any atom is -0.634 e. The molecule has 2 aliphatic rings. The third-order valence-corrected chi connectivity index (χ3v) is 5.02. The van der Waals surface area contributed by atoms with Crippen molar-refractivity contribution in [3.8, 4) is 0 Å². The van der Waals surface area contributed by atoms with Crippen LogP contribution < -0.4 is 5.06 Å². The Morgan fingerprint density at radius 1 is 0.833 bits per heavy atom. The van der Waals surface area contributed by atoms with E-state index in [0.29, 0.717) is 11.0 Å². The van der Waals surface area contributed by atoms with E-state index in [1.807, 2.05) is 0 Å². The Hall–Kier alpha value is -0.0800. The van der Waals surface area contributed by atoms with Crippen LogP contribution in [0.15, 0.2) is 0 Å². The Balaban J connectivity index is 1.74. The summed E-state index contributed by atoms with van der Waals surface area (Å²) in [6.45, 7) is 0.841. The molecule has 2 fully saturated rings. The van der Waals surface area contributed by atoms with Crippen molar-refractivity contribution in [3.05, 3.63) is 5.21 Å². The first-order chi connectivity index (χ1) is 8.75. The van der Waals surface area contributed by atoms with Crippen LogP contribution in [0.5, 0.6) is 0 Å². The topological polar surface area (TPSA) is 27.5 Å².